The van der Waals surface area contributed by atoms with Crippen LogP contribution in [-0.4, -0.2) is 13.1 Å². The Hall–Kier alpha value is 0.140. The molecular weight excluding hydrogens is 258 g/mol. The smallest absolute Gasteiger partial charge is 0.0314 e. The van der Waals surface area contributed by atoms with Gasteiger partial charge in [-0.2, -0.15) is 0 Å². The van der Waals surface area contributed by atoms with Crippen LogP contribution in [0.3, 0.4) is 0 Å². The van der Waals surface area contributed by atoms with Gasteiger partial charge >= 0.3 is 0 Å². The van der Waals surface area contributed by atoms with Crippen molar-refractivity contribution >= 4 is 27.3 Å². The zero-order chi connectivity index (χ0) is 10.6. The van der Waals surface area contributed by atoms with Crippen molar-refractivity contribution in [3.63, 3.8) is 0 Å². The highest BCUT2D eigenvalue weighted by Crippen LogP contribution is 2.25. The van der Waals surface area contributed by atoms with Crippen molar-refractivity contribution in [3.05, 3.63) is 20.8 Å². The number of hydrogen-bond donors (Lipinski definition) is 1. The third-order valence-corrected chi connectivity index (χ3v) is 4.24. The number of nitrogens with one attached hydrogen (secondary N) is 1. The molecule has 0 spiro atoms. The van der Waals surface area contributed by atoms with E-state index in [0.29, 0.717) is 6.04 Å². The minimum Gasteiger partial charge on any atom is -0.317 e. The van der Waals surface area contributed by atoms with Gasteiger partial charge in [0, 0.05) is 15.4 Å². The standard InChI is InChI=1S/C11H18BrNS/c1-8(2)6-9(13-3)7-11-10(12)4-5-14-11/h4-5,8-9,13H,6-7H2,1-3H3. The van der Waals surface area contributed by atoms with Crippen molar-refractivity contribution in [1.82, 2.24) is 5.32 Å². The molecule has 0 radical (unpaired) electrons. The Bertz CT molecular complexity index is 270. The van der Waals surface area contributed by atoms with E-state index in [1.54, 1.807) is 0 Å². The van der Waals surface area contributed by atoms with Gasteiger partial charge in [-0.15, -0.1) is 11.3 Å². The van der Waals surface area contributed by atoms with Gasteiger partial charge in [0.1, 0.15) is 0 Å². The second-order valence-electron chi connectivity index (χ2n) is 4.01. The van der Waals surface area contributed by atoms with Crippen LogP contribution in [-0.2, 0) is 6.42 Å². The molecule has 1 N–H and O–H groups in total. The van der Waals surface area contributed by atoms with E-state index in [1.165, 1.54) is 15.8 Å². The maximum absolute atomic E-state index is 3.57. The van der Waals surface area contributed by atoms with Crippen LogP contribution in [0.4, 0.5) is 0 Å². The Balaban J connectivity index is 2.52. The second-order valence-corrected chi connectivity index (χ2v) is 5.87. The van der Waals surface area contributed by atoms with Crippen LogP contribution in [0, 0.1) is 5.92 Å². The molecule has 1 aromatic rings. The Morgan fingerprint density at radius 3 is 2.64 bits per heavy atom. The summed E-state index contributed by atoms with van der Waals surface area (Å²) in [6.45, 7) is 4.54. The van der Waals surface area contributed by atoms with E-state index >= 15 is 0 Å². The average molecular weight is 276 g/mol. The van der Waals surface area contributed by atoms with E-state index in [9.17, 15) is 0 Å². The Labute approximate surface area is 99.0 Å². The minimum atomic E-state index is 0.602. The monoisotopic (exact) mass is 275 g/mol. The molecule has 0 amide bonds. The van der Waals surface area contributed by atoms with E-state index in [2.05, 4.69) is 53.6 Å². The molecule has 0 bridgehead atoms. The highest BCUT2D eigenvalue weighted by Gasteiger charge is 2.11. The zero-order valence-corrected chi connectivity index (χ0v) is 11.4. The Morgan fingerprint density at radius 1 is 1.50 bits per heavy atom. The lowest BCUT2D eigenvalue weighted by atomic mass is 10.0. The first-order valence-corrected chi connectivity index (χ1v) is 6.70. The fourth-order valence-corrected chi connectivity index (χ4v) is 3.16. The first kappa shape index (κ1) is 12.2. The third kappa shape index (κ3) is 3.71. The molecule has 0 aliphatic carbocycles. The predicted molar refractivity (Wildman–Crippen MR) is 68.0 cm³/mol. The highest BCUT2D eigenvalue weighted by molar-refractivity contribution is 9.10. The van der Waals surface area contributed by atoms with Crippen molar-refractivity contribution in [2.24, 2.45) is 5.92 Å². The number of hydrogen-bond acceptors (Lipinski definition) is 2. The summed E-state index contributed by atoms with van der Waals surface area (Å²) in [5, 5.41) is 5.53. The Morgan fingerprint density at radius 2 is 2.21 bits per heavy atom. The van der Waals surface area contributed by atoms with Gasteiger partial charge < -0.3 is 5.32 Å². The molecule has 0 aromatic carbocycles. The van der Waals surface area contributed by atoms with Crippen LogP contribution in [0.15, 0.2) is 15.9 Å². The molecule has 0 aliphatic heterocycles. The number of rotatable bonds is 5. The molecule has 1 aromatic heterocycles. The molecule has 0 saturated heterocycles. The van der Waals surface area contributed by atoms with Crippen molar-refractivity contribution in [2.45, 2.75) is 32.7 Å². The van der Waals surface area contributed by atoms with E-state index in [1.807, 2.05) is 11.3 Å². The van der Waals surface area contributed by atoms with Crippen molar-refractivity contribution in [1.29, 1.82) is 0 Å². The summed E-state index contributed by atoms with van der Waals surface area (Å²) in [6, 6.07) is 2.73. The first-order chi connectivity index (χ1) is 6.63. The normalized spacial score (nSPS) is 13.5. The van der Waals surface area contributed by atoms with Gasteiger partial charge in [0.15, 0.2) is 0 Å². The van der Waals surface area contributed by atoms with Crippen molar-refractivity contribution in [3.8, 4) is 0 Å². The van der Waals surface area contributed by atoms with Gasteiger partial charge in [-0.05, 0) is 53.2 Å². The molecule has 0 aliphatic rings. The highest BCUT2D eigenvalue weighted by atomic mass is 79.9. The Kier molecular flexibility index (Phi) is 5.13. The summed E-state index contributed by atoms with van der Waals surface area (Å²) in [4.78, 5) is 1.45. The van der Waals surface area contributed by atoms with Crippen LogP contribution in [0.25, 0.3) is 0 Å². The van der Waals surface area contributed by atoms with Crippen LogP contribution in [0.5, 0.6) is 0 Å². The summed E-state index contributed by atoms with van der Waals surface area (Å²) in [5.41, 5.74) is 0. The molecule has 80 valence electrons. The van der Waals surface area contributed by atoms with Crippen LogP contribution in [0.1, 0.15) is 25.1 Å². The maximum atomic E-state index is 3.57. The SMILES string of the molecule is CNC(Cc1sccc1Br)CC(C)C. The number of thiophene rings is 1. The number of halogens is 1. The molecule has 1 heterocycles. The molecule has 0 fully saturated rings. The predicted octanol–water partition coefficient (Wildman–Crippen LogP) is 3.69. The molecule has 1 rings (SSSR count). The zero-order valence-electron chi connectivity index (χ0n) is 9.01. The molecule has 1 nitrogen and oxygen atoms in total. The molecule has 1 unspecified atom stereocenters. The molecular formula is C11H18BrNS. The topological polar surface area (TPSA) is 12.0 Å². The fraction of sp³-hybridized carbons (Fsp3) is 0.636. The fourth-order valence-electron chi connectivity index (χ4n) is 1.57. The summed E-state index contributed by atoms with van der Waals surface area (Å²) < 4.78 is 1.26. The summed E-state index contributed by atoms with van der Waals surface area (Å²) in [7, 11) is 2.05. The van der Waals surface area contributed by atoms with Gasteiger partial charge in [0.05, 0.1) is 0 Å². The summed E-state index contributed by atoms with van der Waals surface area (Å²) in [5.74, 6) is 0.756. The quantitative estimate of drug-likeness (QED) is 0.865. The van der Waals surface area contributed by atoms with Gasteiger partial charge in [-0.1, -0.05) is 13.8 Å². The number of likely N-dealkylation sites (N-methyl/N-ethyl adjacent to an activating group) is 1. The van der Waals surface area contributed by atoms with Crippen molar-refractivity contribution < 1.29 is 0 Å². The average Bonchev–Trinajstić information content (AvgIpc) is 2.50. The largest absolute Gasteiger partial charge is 0.317 e. The maximum Gasteiger partial charge on any atom is 0.0314 e. The van der Waals surface area contributed by atoms with Gasteiger partial charge in [-0.25, -0.2) is 0 Å². The second kappa shape index (κ2) is 5.89. The van der Waals surface area contributed by atoms with Gasteiger partial charge in [0.2, 0.25) is 0 Å². The van der Waals surface area contributed by atoms with Gasteiger partial charge in [0.25, 0.3) is 0 Å². The van der Waals surface area contributed by atoms with Crippen molar-refractivity contribution in [2.75, 3.05) is 7.05 Å². The van der Waals surface area contributed by atoms with E-state index < -0.39 is 0 Å². The third-order valence-electron chi connectivity index (χ3n) is 2.29. The van der Waals surface area contributed by atoms with Crippen LogP contribution < -0.4 is 5.32 Å². The van der Waals surface area contributed by atoms with E-state index in [4.69, 9.17) is 0 Å². The summed E-state index contributed by atoms with van der Waals surface area (Å²) in [6.07, 6.45) is 2.37. The molecule has 0 saturated carbocycles. The summed E-state index contributed by atoms with van der Waals surface area (Å²) >= 11 is 5.41. The molecule has 3 heteroatoms. The molecule has 14 heavy (non-hydrogen) atoms. The lowest BCUT2D eigenvalue weighted by Crippen LogP contribution is -2.28. The van der Waals surface area contributed by atoms with Gasteiger partial charge in [-0.3, -0.25) is 0 Å². The first-order valence-electron chi connectivity index (χ1n) is 5.02. The minimum absolute atomic E-state index is 0.602. The lowest BCUT2D eigenvalue weighted by molar-refractivity contribution is 0.442. The molecule has 1 atom stereocenters. The van der Waals surface area contributed by atoms with E-state index in [0.717, 1.165) is 12.3 Å². The van der Waals surface area contributed by atoms with Crippen LogP contribution in [0.2, 0.25) is 0 Å². The van der Waals surface area contributed by atoms with E-state index in [-0.39, 0.29) is 0 Å². The van der Waals surface area contributed by atoms with Crippen LogP contribution >= 0.6 is 27.3 Å². The lowest BCUT2D eigenvalue weighted by Gasteiger charge is -2.17.